The van der Waals surface area contributed by atoms with Crippen molar-refractivity contribution >= 4 is 28.6 Å². The van der Waals surface area contributed by atoms with Gasteiger partial charge in [-0.25, -0.2) is 4.98 Å². The van der Waals surface area contributed by atoms with Crippen molar-refractivity contribution in [2.45, 2.75) is 32.7 Å². The largest absolute Gasteiger partial charge is 0.454 e. The van der Waals surface area contributed by atoms with Gasteiger partial charge in [-0.2, -0.15) is 0 Å². The minimum atomic E-state index is -0.486. The Balaban J connectivity index is 1.49. The van der Waals surface area contributed by atoms with Gasteiger partial charge in [-0.05, 0) is 42.2 Å². The number of carbonyl (C=O) groups excluding carboxylic acids is 2. The number of hydrogen-bond donors (Lipinski definition) is 1. The number of para-hydroxylation sites is 2. The Labute approximate surface area is 158 Å². The van der Waals surface area contributed by atoms with E-state index in [4.69, 9.17) is 4.74 Å². The number of carbonyl (C=O) groups is 2. The van der Waals surface area contributed by atoms with Crippen LogP contribution >= 0.6 is 0 Å². The van der Waals surface area contributed by atoms with Crippen LogP contribution in [0.5, 0.6) is 0 Å². The molecular weight excluding hydrogens is 342 g/mol. The number of nitrogens with one attached hydrogen (secondary N) is 1. The summed E-state index contributed by atoms with van der Waals surface area (Å²) in [7, 11) is 0. The molecule has 140 valence electrons. The number of ether oxygens (including phenoxy) is 1. The Morgan fingerprint density at radius 3 is 2.63 bits per heavy atom. The molecule has 0 fully saturated rings. The number of imidazole rings is 1. The van der Waals surface area contributed by atoms with E-state index in [0.29, 0.717) is 11.6 Å². The first kappa shape index (κ1) is 18.6. The van der Waals surface area contributed by atoms with E-state index >= 15 is 0 Å². The van der Waals surface area contributed by atoms with E-state index < -0.39 is 5.97 Å². The summed E-state index contributed by atoms with van der Waals surface area (Å²) in [5.74, 6) is -0.370. The number of amides is 1. The fourth-order valence-electron chi connectivity index (χ4n) is 2.79. The van der Waals surface area contributed by atoms with Crippen molar-refractivity contribution in [1.82, 2.24) is 9.55 Å². The molecule has 0 aliphatic heterocycles. The Morgan fingerprint density at radius 2 is 1.89 bits per heavy atom. The predicted molar refractivity (Wildman–Crippen MR) is 104 cm³/mol. The number of hydrogen-bond acceptors (Lipinski definition) is 4. The van der Waals surface area contributed by atoms with E-state index in [1.54, 1.807) is 10.9 Å². The first-order valence-electron chi connectivity index (χ1n) is 9.02. The molecule has 0 aliphatic rings. The van der Waals surface area contributed by atoms with Gasteiger partial charge in [0.05, 0.1) is 17.4 Å². The van der Waals surface area contributed by atoms with Gasteiger partial charge in [0.25, 0.3) is 5.91 Å². The summed E-state index contributed by atoms with van der Waals surface area (Å²) < 4.78 is 6.78. The summed E-state index contributed by atoms with van der Waals surface area (Å²) in [6.45, 7) is 3.99. The highest BCUT2D eigenvalue weighted by atomic mass is 16.5. The first-order valence-corrected chi connectivity index (χ1v) is 9.02. The molecule has 1 amide bonds. The molecule has 0 bridgehead atoms. The SMILES string of the molecule is CC[C@H](C)c1ccc(NC(=O)COC(=O)Cn2cnc3ccccc32)cc1. The lowest BCUT2D eigenvalue weighted by molar-refractivity contribution is -0.147. The standard InChI is InChI=1S/C21H23N3O3/c1-3-15(2)16-8-10-17(11-9-16)23-20(25)13-27-21(26)12-24-14-22-18-6-4-5-7-19(18)24/h4-11,14-15H,3,12-13H2,1-2H3,(H,23,25)/t15-/m0/s1. The Hall–Kier alpha value is -3.15. The third kappa shape index (κ3) is 4.73. The first-order chi connectivity index (χ1) is 13.1. The highest BCUT2D eigenvalue weighted by Gasteiger charge is 2.11. The zero-order valence-corrected chi connectivity index (χ0v) is 15.5. The third-order valence-corrected chi connectivity index (χ3v) is 4.57. The second kappa shape index (κ2) is 8.49. The second-order valence-corrected chi connectivity index (χ2v) is 6.50. The number of rotatable bonds is 7. The van der Waals surface area contributed by atoms with Crippen molar-refractivity contribution in [2.24, 2.45) is 0 Å². The lowest BCUT2D eigenvalue weighted by Crippen LogP contribution is -2.22. The fraction of sp³-hybridized carbons (Fsp3) is 0.286. The van der Waals surface area contributed by atoms with Crippen LogP contribution in [0.4, 0.5) is 5.69 Å². The minimum Gasteiger partial charge on any atom is -0.454 e. The van der Waals surface area contributed by atoms with Gasteiger partial charge in [0.1, 0.15) is 6.54 Å². The maximum Gasteiger partial charge on any atom is 0.326 e. The Kier molecular flexibility index (Phi) is 5.86. The number of fused-ring (bicyclic) bond motifs is 1. The summed E-state index contributed by atoms with van der Waals surface area (Å²) >= 11 is 0. The zero-order valence-electron chi connectivity index (χ0n) is 15.5. The third-order valence-electron chi connectivity index (χ3n) is 4.57. The number of anilines is 1. The topological polar surface area (TPSA) is 73.2 Å². The van der Waals surface area contributed by atoms with Crippen LogP contribution in [0, 0.1) is 0 Å². The average molecular weight is 365 g/mol. The smallest absolute Gasteiger partial charge is 0.326 e. The van der Waals surface area contributed by atoms with Crippen molar-refractivity contribution in [3.63, 3.8) is 0 Å². The molecular formula is C21H23N3O3. The van der Waals surface area contributed by atoms with Gasteiger partial charge in [0.15, 0.2) is 6.61 Å². The van der Waals surface area contributed by atoms with Crippen molar-refractivity contribution < 1.29 is 14.3 Å². The number of nitrogens with zero attached hydrogens (tertiary/aromatic N) is 2. The molecule has 27 heavy (non-hydrogen) atoms. The molecule has 0 spiro atoms. The molecule has 0 unspecified atom stereocenters. The molecule has 0 saturated heterocycles. The molecule has 6 heteroatoms. The van der Waals surface area contributed by atoms with E-state index in [9.17, 15) is 9.59 Å². The van der Waals surface area contributed by atoms with Gasteiger partial charge in [0, 0.05) is 5.69 Å². The van der Waals surface area contributed by atoms with Gasteiger partial charge >= 0.3 is 5.97 Å². The van der Waals surface area contributed by atoms with Crippen LogP contribution < -0.4 is 5.32 Å². The van der Waals surface area contributed by atoms with Gasteiger partial charge < -0.3 is 14.6 Å². The summed E-state index contributed by atoms with van der Waals surface area (Å²) in [6.07, 6.45) is 2.65. The van der Waals surface area contributed by atoms with Crippen LogP contribution in [0.25, 0.3) is 11.0 Å². The van der Waals surface area contributed by atoms with Crippen LogP contribution in [-0.4, -0.2) is 28.0 Å². The molecule has 0 radical (unpaired) electrons. The number of aromatic nitrogens is 2. The van der Waals surface area contributed by atoms with Gasteiger partial charge in [-0.1, -0.05) is 38.1 Å². The molecule has 6 nitrogen and oxygen atoms in total. The average Bonchev–Trinajstić information content (AvgIpc) is 3.09. The molecule has 2 aromatic carbocycles. The van der Waals surface area contributed by atoms with E-state index in [-0.39, 0.29) is 19.1 Å². The normalized spacial score (nSPS) is 11.9. The molecule has 0 saturated carbocycles. The summed E-state index contributed by atoms with van der Waals surface area (Å²) in [4.78, 5) is 28.2. The van der Waals surface area contributed by atoms with Gasteiger partial charge in [-0.15, -0.1) is 0 Å². The number of benzene rings is 2. The summed E-state index contributed by atoms with van der Waals surface area (Å²) in [6, 6.07) is 15.2. The van der Waals surface area contributed by atoms with Crippen molar-refractivity contribution in [3.8, 4) is 0 Å². The summed E-state index contributed by atoms with van der Waals surface area (Å²) in [5, 5.41) is 2.73. The second-order valence-electron chi connectivity index (χ2n) is 6.50. The minimum absolute atomic E-state index is 0.0113. The monoisotopic (exact) mass is 365 g/mol. The van der Waals surface area contributed by atoms with Crippen LogP contribution in [0.1, 0.15) is 31.7 Å². The molecule has 1 atom stereocenters. The molecule has 3 aromatic rings. The quantitative estimate of drug-likeness (QED) is 0.648. The Bertz CT molecular complexity index is 931. The lowest BCUT2D eigenvalue weighted by atomic mass is 9.99. The van der Waals surface area contributed by atoms with Crippen LogP contribution in [0.2, 0.25) is 0 Å². The van der Waals surface area contributed by atoms with Crippen LogP contribution in [0.3, 0.4) is 0 Å². The lowest BCUT2D eigenvalue weighted by Gasteiger charge is -2.11. The Morgan fingerprint density at radius 1 is 1.15 bits per heavy atom. The van der Waals surface area contributed by atoms with Crippen LogP contribution in [0.15, 0.2) is 54.9 Å². The predicted octanol–water partition coefficient (Wildman–Crippen LogP) is 3.73. The van der Waals surface area contributed by atoms with E-state index in [1.807, 2.05) is 48.5 Å². The molecule has 0 aliphatic carbocycles. The fourth-order valence-corrected chi connectivity index (χ4v) is 2.79. The highest BCUT2D eigenvalue weighted by Crippen LogP contribution is 2.20. The number of esters is 1. The molecule has 1 heterocycles. The maximum atomic E-state index is 12.0. The van der Waals surface area contributed by atoms with Crippen molar-refractivity contribution in [1.29, 1.82) is 0 Å². The van der Waals surface area contributed by atoms with Gasteiger partial charge in [0.2, 0.25) is 0 Å². The molecule has 1 N–H and O–H groups in total. The zero-order chi connectivity index (χ0) is 19.2. The molecule has 3 rings (SSSR count). The van der Waals surface area contributed by atoms with E-state index in [2.05, 4.69) is 24.1 Å². The maximum absolute atomic E-state index is 12.0. The van der Waals surface area contributed by atoms with Crippen LogP contribution in [-0.2, 0) is 20.9 Å². The van der Waals surface area contributed by atoms with E-state index in [1.165, 1.54) is 5.56 Å². The summed E-state index contributed by atoms with van der Waals surface area (Å²) in [5.41, 5.74) is 3.57. The van der Waals surface area contributed by atoms with Crippen molar-refractivity contribution in [3.05, 3.63) is 60.4 Å². The van der Waals surface area contributed by atoms with Gasteiger partial charge in [-0.3, -0.25) is 9.59 Å². The van der Waals surface area contributed by atoms with E-state index in [0.717, 1.165) is 17.5 Å². The van der Waals surface area contributed by atoms with Crippen molar-refractivity contribution in [2.75, 3.05) is 11.9 Å². The highest BCUT2D eigenvalue weighted by molar-refractivity contribution is 5.92. The molecule has 1 aromatic heterocycles.